The quantitative estimate of drug-likeness (QED) is 0.506. The highest BCUT2D eigenvalue weighted by molar-refractivity contribution is 7.15. The molecule has 0 atom stereocenters. The van der Waals surface area contributed by atoms with E-state index in [9.17, 15) is 4.79 Å². The summed E-state index contributed by atoms with van der Waals surface area (Å²) in [5.74, 6) is 1.47. The molecule has 2 aromatic carbocycles. The van der Waals surface area contributed by atoms with Crippen LogP contribution in [0.4, 0.5) is 5.13 Å². The topological polar surface area (TPSA) is 73.3 Å². The predicted octanol–water partition coefficient (Wildman–Crippen LogP) is 5.04. The van der Waals surface area contributed by atoms with Gasteiger partial charge in [0.1, 0.15) is 23.1 Å². The fourth-order valence-corrected chi connectivity index (χ4v) is 3.79. The van der Waals surface area contributed by atoms with E-state index in [0.717, 1.165) is 29.2 Å². The van der Waals surface area contributed by atoms with Crippen molar-refractivity contribution in [1.82, 2.24) is 10.2 Å². The van der Waals surface area contributed by atoms with E-state index in [1.807, 2.05) is 42.5 Å². The summed E-state index contributed by atoms with van der Waals surface area (Å²) in [7, 11) is 0. The van der Waals surface area contributed by atoms with Crippen LogP contribution in [-0.2, 0) is 11.4 Å². The number of hydrogen-bond acceptors (Lipinski definition) is 6. The van der Waals surface area contributed by atoms with Crippen LogP contribution in [0.5, 0.6) is 11.5 Å². The van der Waals surface area contributed by atoms with Crippen molar-refractivity contribution in [3.63, 3.8) is 0 Å². The highest BCUT2D eigenvalue weighted by Crippen LogP contribution is 2.28. The molecule has 3 rings (SSSR count). The minimum Gasteiger partial charge on any atom is -0.489 e. The molecule has 0 saturated carbocycles. The number of ether oxygens (including phenoxy) is 2. The van der Waals surface area contributed by atoms with Gasteiger partial charge >= 0.3 is 0 Å². The molecule has 1 amide bonds. The molecule has 0 aliphatic carbocycles. The van der Waals surface area contributed by atoms with E-state index in [2.05, 4.69) is 29.4 Å². The molecule has 1 aromatic heterocycles. The van der Waals surface area contributed by atoms with E-state index in [0.29, 0.717) is 23.4 Å². The Labute approximate surface area is 174 Å². The first-order valence-electron chi connectivity index (χ1n) is 9.70. The molecule has 0 fully saturated rings. The Morgan fingerprint density at radius 1 is 0.966 bits per heavy atom. The summed E-state index contributed by atoms with van der Waals surface area (Å²) in [6, 6.07) is 17.2. The number of carbonyl (C=O) groups excluding carboxylic acids is 1. The molecule has 0 saturated heterocycles. The average molecular weight is 412 g/mol. The Morgan fingerprint density at radius 2 is 1.62 bits per heavy atom. The Hall–Kier alpha value is -2.93. The number of nitrogens with one attached hydrogen (secondary N) is 1. The number of amides is 1. The summed E-state index contributed by atoms with van der Waals surface area (Å²) in [5, 5.41) is 12.4. The molecular formula is C22H25N3O3S. The Bertz CT molecular complexity index is 893. The van der Waals surface area contributed by atoms with Crippen LogP contribution in [0.2, 0.25) is 0 Å². The SMILES string of the molecule is CCC(CC)c1nnc(NC(=O)COc2ccc(OCc3ccccc3)cc2)s1. The van der Waals surface area contributed by atoms with Crippen LogP contribution >= 0.6 is 11.3 Å². The normalized spacial score (nSPS) is 10.7. The van der Waals surface area contributed by atoms with Crippen molar-refractivity contribution in [2.45, 2.75) is 39.2 Å². The van der Waals surface area contributed by atoms with Gasteiger partial charge in [-0.3, -0.25) is 10.1 Å². The van der Waals surface area contributed by atoms with Gasteiger partial charge in [-0.1, -0.05) is 55.5 Å². The van der Waals surface area contributed by atoms with Crippen molar-refractivity contribution >= 4 is 22.4 Å². The predicted molar refractivity (Wildman–Crippen MR) is 115 cm³/mol. The molecule has 0 aliphatic heterocycles. The van der Waals surface area contributed by atoms with E-state index in [4.69, 9.17) is 9.47 Å². The van der Waals surface area contributed by atoms with E-state index in [1.54, 1.807) is 12.1 Å². The second-order valence-corrected chi connectivity index (χ2v) is 7.55. The smallest absolute Gasteiger partial charge is 0.264 e. The molecule has 0 bridgehead atoms. The second kappa shape index (κ2) is 10.6. The lowest BCUT2D eigenvalue weighted by Crippen LogP contribution is -2.20. The molecule has 1 heterocycles. The molecule has 0 radical (unpaired) electrons. The van der Waals surface area contributed by atoms with Gasteiger partial charge in [-0.2, -0.15) is 0 Å². The summed E-state index contributed by atoms with van der Waals surface area (Å²) in [5.41, 5.74) is 1.11. The van der Waals surface area contributed by atoms with Crippen molar-refractivity contribution in [3.8, 4) is 11.5 Å². The van der Waals surface area contributed by atoms with Crippen molar-refractivity contribution in [1.29, 1.82) is 0 Å². The van der Waals surface area contributed by atoms with Crippen LogP contribution in [0.3, 0.4) is 0 Å². The maximum atomic E-state index is 12.1. The minimum absolute atomic E-state index is 0.0931. The highest BCUT2D eigenvalue weighted by atomic mass is 32.1. The van der Waals surface area contributed by atoms with Crippen molar-refractivity contribution in [3.05, 3.63) is 65.2 Å². The zero-order chi connectivity index (χ0) is 20.5. The van der Waals surface area contributed by atoms with E-state index in [-0.39, 0.29) is 12.5 Å². The van der Waals surface area contributed by atoms with Gasteiger partial charge in [-0.15, -0.1) is 10.2 Å². The fraction of sp³-hybridized carbons (Fsp3) is 0.318. The van der Waals surface area contributed by atoms with Crippen LogP contribution in [0.15, 0.2) is 54.6 Å². The summed E-state index contributed by atoms with van der Waals surface area (Å²) >= 11 is 1.42. The summed E-state index contributed by atoms with van der Waals surface area (Å²) in [4.78, 5) is 12.1. The first-order chi connectivity index (χ1) is 14.2. The maximum absolute atomic E-state index is 12.1. The molecule has 0 aliphatic rings. The lowest BCUT2D eigenvalue weighted by molar-refractivity contribution is -0.118. The first-order valence-corrected chi connectivity index (χ1v) is 10.5. The average Bonchev–Trinajstić information content (AvgIpc) is 3.21. The molecule has 0 unspecified atom stereocenters. The maximum Gasteiger partial charge on any atom is 0.264 e. The van der Waals surface area contributed by atoms with Gasteiger partial charge in [-0.05, 0) is 42.7 Å². The van der Waals surface area contributed by atoms with Crippen molar-refractivity contribution in [2.24, 2.45) is 0 Å². The number of carbonyl (C=O) groups is 1. The number of hydrogen-bond donors (Lipinski definition) is 1. The monoisotopic (exact) mass is 411 g/mol. The fourth-order valence-electron chi connectivity index (χ4n) is 2.77. The van der Waals surface area contributed by atoms with Gasteiger partial charge in [0.15, 0.2) is 6.61 Å². The minimum atomic E-state index is -0.262. The molecule has 1 N–H and O–H groups in total. The molecule has 29 heavy (non-hydrogen) atoms. The van der Waals surface area contributed by atoms with Gasteiger partial charge in [0.05, 0.1) is 0 Å². The Balaban J connectivity index is 1.44. The van der Waals surface area contributed by atoms with Gasteiger partial charge in [0.2, 0.25) is 5.13 Å². The van der Waals surface area contributed by atoms with E-state index >= 15 is 0 Å². The molecular weight excluding hydrogens is 386 g/mol. The Morgan fingerprint density at radius 3 is 2.28 bits per heavy atom. The third kappa shape index (κ3) is 6.29. The van der Waals surface area contributed by atoms with Crippen LogP contribution in [0.1, 0.15) is 43.2 Å². The number of nitrogens with zero attached hydrogens (tertiary/aromatic N) is 2. The van der Waals surface area contributed by atoms with Crippen molar-refractivity contribution < 1.29 is 14.3 Å². The van der Waals surface area contributed by atoms with Gasteiger partial charge in [-0.25, -0.2) is 0 Å². The summed E-state index contributed by atoms with van der Waals surface area (Å²) < 4.78 is 11.3. The first kappa shape index (κ1) is 20.8. The zero-order valence-corrected chi connectivity index (χ0v) is 17.4. The van der Waals surface area contributed by atoms with Crippen LogP contribution in [-0.4, -0.2) is 22.7 Å². The largest absolute Gasteiger partial charge is 0.489 e. The Kier molecular flexibility index (Phi) is 7.58. The van der Waals surface area contributed by atoms with Crippen molar-refractivity contribution in [2.75, 3.05) is 11.9 Å². The number of benzene rings is 2. The molecule has 7 heteroatoms. The number of anilines is 1. The summed E-state index contributed by atoms with van der Waals surface area (Å²) in [6.45, 7) is 4.66. The molecule has 3 aromatic rings. The third-order valence-corrected chi connectivity index (χ3v) is 5.46. The van der Waals surface area contributed by atoms with Crippen LogP contribution in [0.25, 0.3) is 0 Å². The molecule has 0 spiro atoms. The molecule has 152 valence electrons. The van der Waals surface area contributed by atoms with Gasteiger partial charge in [0.25, 0.3) is 5.91 Å². The van der Waals surface area contributed by atoms with Crippen LogP contribution in [0, 0.1) is 0 Å². The number of rotatable bonds is 10. The van der Waals surface area contributed by atoms with E-state index in [1.165, 1.54) is 11.3 Å². The van der Waals surface area contributed by atoms with Gasteiger partial charge in [0, 0.05) is 5.92 Å². The van der Waals surface area contributed by atoms with E-state index < -0.39 is 0 Å². The lowest BCUT2D eigenvalue weighted by atomic mass is 10.1. The number of aromatic nitrogens is 2. The zero-order valence-electron chi connectivity index (χ0n) is 16.6. The standard InChI is InChI=1S/C22H25N3O3S/c1-3-17(4-2)21-24-25-22(29-21)23-20(26)15-28-19-12-10-18(11-13-19)27-14-16-8-6-5-7-9-16/h5-13,17H,3-4,14-15H2,1-2H3,(H,23,25,26). The van der Waals surface area contributed by atoms with Crippen LogP contribution < -0.4 is 14.8 Å². The highest BCUT2D eigenvalue weighted by Gasteiger charge is 2.14. The lowest BCUT2D eigenvalue weighted by Gasteiger charge is -2.08. The second-order valence-electron chi connectivity index (χ2n) is 6.54. The van der Waals surface area contributed by atoms with Gasteiger partial charge < -0.3 is 9.47 Å². The summed E-state index contributed by atoms with van der Waals surface area (Å²) in [6.07, 6.45) is 2.01. The third-order valence-electron chi connectivity index (χ3n) is 4.46. The molecule has 6 nitrogen and oxygen atoms in total.